The van der Waals surface area contributed by atoms with E-state index in [2.05, 4.69) is 22.5 Å². The first-order valence-electron chi connectivity index (χ1n) is 3.13. The zero-order valence-electron chi connectivity index (χ0n) is 6.19. The van der Waals surface area contributed by atoms with Crippen LogP contribution in [0.4, 0.5) is 0 Å². The number of hydrogen-bond acceptors (Lipinski definition) is 2. The maximum atomic E-state index is 10.7. The van der Waals surface area contributed by atoms with Crippen molar-refractivity contribution in [3.05, 3.63) is 11.1 Å². The summed E-state index contributed by atoms with van der Waals surface area (Å²) in [5, 5.41) is 0. The fraction of sp³-hybridized carbons (Fsp3) is 0.571. The lowest BCUT2D eigenvalue weighted by Crippen LogP contribution is -2.12. The van der Waals surface area contributed by atoms with Gasteiger partial charge in [-0.3, -0.25) is 0 Å². The number of ether oxygens (including phenoxy) is 1. The van der Waals surface area contributed by atoms with E-state index in [9.17, 15) is 4.79 Å². The minimum absolute atomic E-state index is 0.0261. The van der Waals surface area contributed by atoms with E-state index in [-0.39, 0.29) is 16.6 Å². The second kappa shape index (κ2) is 4.50. The molecule has 0 aromatic heterocycles. The van der Waals surface area contributed by atoms with Crippen LogP contribution in [-0.4, -0.2) is 12.1 Å². The Hall–Kier alpha value is -0.310. The standard InChI is InChI=1S/C7H11BrO2/c1-4-5(2)10-7(9)6(3)8/h5H,3-4H2,1-2H3/t5-/m1/s1. The number of esters is 1. The first-order chi connectivity index (χ1) is 4.57. The van der Waals surface area contributed by atoms with Gasteiger partial charge in [-0.2, -0.15) is 0 Å². The fourth-order valence-electron chi connectivity index (χ4n) is 0.330. The summed E-state index contributed by atoms with van der Waals surface area (Å²) in [5.74, 6) is -0.380. The fourth-order valence-corrected chi connectivity index (χ4v) is 0.423. The third-order valence-electron chi connectivity index (χ3n) is 1.10. The van der Waals surface area contributed by atoms with Crippen molar-refractivity contribution < 1.29 is 9.53 Å². The van der Waals surface area contributed by atoms with Gasteiger partial charge in [-0.1, -0.05) is 13.5 Å². The molecule has 2 nitrogen and oxygen atoms in total. The second-order valence-corrected chi connectivity index (χ2v) is 2.99. The molecule has 0 aromatic rings. The van der Waals surface area contributed by atoms with Crippen LogP contribution in [-0.2, 0) is 9.53 Å². The largest absolute Gasteiger partial charge is 0.459 e. The Labute approximate surface area is 69.4 Å². The minimum atomic E-state index is -0.380. The molecule has 0 aliphatic carbocycles. The number of carbonyl (C=O) groups is 1. The van der Waals surface area contributed by atoms with Crippen molar-refractivity contribution in [2.45, 2.75) is 26.4 Å². The highest BCUT2D eigenvalue weighted by Crippen LogP contribution is 2.06. The molecule has 0 fully saturated rings. The summed E-state index contributed by atoms with van der Waals surface area (Å²) in [7, 11) is 0. The minimum Gasteiger partial charge on any atom is -0.459 e. The van der Waals surface area contributed by atoms with Gasteiger partial charge in [0, 0.05) is 0 Å². The van der Waals surface area contributed by atoms with Crippen LogP contribution >= 0.6 is 15.9 Å². The van der Waals surface area contributed by atoms with Gasteiger partial charge in [-0.15, -0.1) is 0 Å². The molecule has 0 heterocycles. The van der Waals surface area contributed by atoms with Gasteiger partial charge in [0.15, 0.2) is 0 Å². The second-order valence-electron chi connectivity index (χ2n) is 2.03. The molecule has 0 radical (unpaired) electrons. The molecule has 0 rings (SSSR count). The van der Waals surface area contributed by atoms with Gasteiger partial charge in [-0.05, 0) is 29.3 Å². The van der Waals surface area contributed by atoms with E-state index in [1.807, 2.05) is 13.8 Å². The van der Waals surface area contributed by atoms with E-state index in [1.165, 1.54) is 0 Å². The van der Waals surface area contributed by atoms with Crippen LogP contribution in [0.5, 0.6) is 0 Å². The van der Waals surface area contributed by atoms with E-state index < -0.39 is 0 Å². The molecular formula is C7H11BrO2. The third kappa shape index (κ3) is 3.67. The molecule has 3 heteroatoms. The average molecular weight is 207 g/mol. The number of halogens is 1. The summed E-state index contributed by atoms with van der Waals surface area (Å²) < 4.78 is 5.15. The summed E-state index contributed by atoms with van der Waals surface area (Å²) >= 11 is 2.93. The first-order valence-corrected chi connectivity index (χ1v) is 3.92. The third-order valence-corrected chi connectivity index (χ3v) is 1.43. The molecule has 0 amide bonds. The van der Waals surface area contributed by atoms with E-state index >= 15 is 0 Å². The highest BCUT2D eigenvalue weighted by molar-refractivity contribution is 9.12. The van der Waals surface area contributed by atoms with Crippen molar-refractivity contribution in [1.82, 2.24) is 0 Å². The number of carbonyl (C=O) groups excluding carboxylic acids is 1. The predicted molar refractivity (Wildman–Crippen MR) is 43.9 cm³/mol. The van der Waals surface area contributed by atoms with Crippen LogP contribution in [0.3, 0.4) is 0 Å². The lowest BCUT2D eigenvalue weighted by molar-refractivity contribution is -0.142. The molecule has 0 aliphatic heterocycles. The van der Waals surface area contributed by atoms with Gasteiger partial charge in [0.25, 0.3) is 0 Å². The first kappa shape index (κ1) is 9.69. The van der Waals surface area contributed by atoms with Gasteiger partial charge in [0.1, 0.15) is 0 Å². The maximum absolute atomic E-state index is 10.7. The van der Waals surface area contributed by atoms with Crippen molar-refractivity contribution in [2.75, 3.05) is 0 Å². The highest BCUT2D eigenvalue weighted by atomic mass is 79.9. The smallest absolute Gasteiger partial charge is 0.344 e. The highest BCUT2D eigenvalue weighted by Gasteiger charge is 2.07. The normalized spacial score (nSPS) is 12.3. The predicted octanol–water partition coefficient (Wildman–Crippen LogP) is 2.24. The summed E-state index contributed by atoms with van der Waals surface area (Å²) in [6, 6.07) is 0. The molecule has 1 atom stereocenters. The van der Waals surface area contributed by atoms with Crippen LogP contribution in [0.1, 0.15) is 20.3 Å². The van der Waals surface area contributed by atoms with Crippen LogP contribution in [0.2, 0.25) is 0 Å². The van der Waals surface area contributed by atoms with Crippen molar-refractivity contribution in [3.63, 3.8) is 0 Å². The lowest BCUT2D eigenvalue weighted by atomic mass is 10.3. The molecule has 10 heavy (non-hydrogen) atoms. The molecule has 0 unspecified atom stereocenters. The SMILES string of the molecule is C=C(Br)C(=O)O[C@H](C)CC. The quantitative estimate of drug-likeness (QED) is 0.524. The molecular weight excluding hydrogens is 196 g/mol. The molecule has 0 N–H and O–H groups in total. The average Bonchev–Trinajstić information content (AvgIpc) is 1.87. The number of hydrogen-bond donors (Lipinski definition) is 0. The molecule has 58 valence electrons. The molecule has 0 aliphatic rings. The van der Waals surface area contributed by atoms with Crippen LogP contribution in [0, 0.1) is 0 Å². The summed E-state index contributed by atoms with van der Waals surface area (Å²) in [5.41, 5.74) is 0. The van der Waals surface area contributed by atoms with Gasteiger partial charge in [0.2, 0.25) is 0 Å². The monoisotopic (exact) mass is 206 g/mol. The Morgan fingerprint density at radius 3 is 2.60 bits per heavy atom. The summed E-state index contributed by atoms with van der Waals surface area (Å²) in [6.45, 7) is 7.18. The Balaban J connectivity index is 3.68. The van der Waals surface area contributed by atoms with Crippen molar-refractivity contribution in [3.8, 4) is 0 Å². The van der Waals surface area contributed by atoms with E-state index in [0.29, 0.717) is 0 Å². The van der Waals surface area contributed by atoms with E-state index in [1.54, 1.807) is 0 Å². The number of rotatable bonds is 3. The van der Waals surface area contributed by atoms with Crippen LogP contribution in [0.15, 0.2) is 11.1 Å². The molecule has 0 bridgehead atoms. The summed E-state index contributed by atoms with van der Waals surface area (Å²) in [4.78, 5) is 10.7. The van der Waals surface area contributed by atoms with Crippen LogP contribution in [0.25, 0.3) is 0 Å². The Morgan fingerprint density at radius 2 is 2.30 bits per heavy atom. The molecule has 0 saturated heterocycles. The Kier molecular flexibility index (Phi) is 4.36. The van der Waals surface area contributed by atoms with E-state index in [0.717, 1.165) is 6.42 Å². The van der Waals surface area contributed by atoms with Crippen molar-refractivity contribution in [2.24, 2.45) is 0 Å². The maximum Gasteiger partial charge on any atom is 0.344 e. The van der Waals surface area contributed by atoms with Crippen molar-refractivity contribution in [1.29, 1.82) is 0 Å². The molecule has 0 aromatic carbocycles. The molecule has 0 spiro atoms. The lowest BCUT2D eigenvalue weighted by Gasteiger charge is -2.08. The van der Waals surface area contributed by atoms with Gasteiger partial charge in [-0.25, -0.2) is 4.79 Å². The zero-order valence-corrected chi connectivity index (χ0v) is 7.77. The van der Waals surface area contributed by atoms with E-state index in [4.69, 9.17) is 4.74 Å². The van der Waals surface area contributed by atoms with Gasteiger partial charge < -0.3 is 4.74 Å². The summed E-state index contributed by atoms with van der Waals surface area (Å²) in [6.07, 6.45) is 0.799. The zero-order chi connectivity index (χ0) is 8.15. The van der Waals surface area contributed by atoms with Crippen molar-refractivity contribution >= 4 is 21.9 Å². The molecule has 0 saturated carbocycles. The Morgan fingerprint density at radius 1 is 1.80 bits per heavy atom. The van der Waals surface area contributed by atoms with Crippen LogP contribution < -0.4 is 0 Å². The van der Waals surface area contributed by atoms with Gasteiger partial charge in [0.05, 0.1) is 10.6 Å². The topological polar surface area (TPSA) is 26.3 Å². The van der Waals surface area contributed by atoms with Gasteiger partial charge >= 0.3 is 5.97 Å². The Bertz CT molecular complexity index is 143.